The van der Waals surface area contributed by atoms with Crippen molar-refractivity contribution in [3.05, 3.63) is 29.3 Å². The van der Waals surface area contributed by atoms with E-state index < -0.39 is 0 Å². The molecule has 1 N–H and O–H groups in total. The Labute approximate surface area is 90.3 Å². The molecule has 2 rings (SSSR count). The van der Waals surface area contributed by atoms with E-state index in [4.69, 9.17) is 0 Å². The van der Waals surface area contributed by atoms with Crippen LogP contribution in [0.1, 0.15) is 17.5 Å². The Balaban J connectivity index is 1.98. The standard InChI is InChI=1S/C12H17NS/c1-13-7-8-14-12-6-5-10-3-2-4-11(10)9-12/h5-6,9,13H,2-4,7-8H2,1H3. The third-order valence-electron chi connectivity index (χ3n) is 2.69. The fraction of sp³-hybridized carbons (Fsp3) is 0.500. The maximum Gasteiger partial charge on any atom is 0.0105 e. The molecule has 0 bridgehead atoms. The van der Waals surface area contributed by atoms with E-state index >= 15 is 0 Å². The summed E-state index contributed by atoms with van der Waals surface area (Å²) in [5.41, 5.74) is 3.16. The van der Waals surface area contributed by atoms with Crippen molar-refractivity contribution >= 4 is 11.8 Å². The molecule has 1 aliphatic rings. The Morgan fingerprint density at radius 2 is 2.14 bits per heavy atom. The summed E-state index contributed by atoms with van der Waals surface area (Å²) in [4.78, 5) is 1.43. The van der Waals surface area contributed by atoms with Crippen molar-refractivity contribution in [3.63, 3.8) is 0 Å². The van der Waals surface area contributed by atoms with Crippen LogP contribution in [0, 0.1) is 0 Å². The fourth-order valence-electron chi connectivity index (χ4n) is 1.91. The minimum Gasteiger partial charge on any atom is -0.319 e. The molecule has 76 valence electrons. The Kier molecular flexibility index (Phi) is 3.49. The van der Waals surface area contributed by atoms with Crippen LogP contribution >= 0.6 is 11.8 Å². The Morgan fingerprint density at radius 1 is 1.29 bits per heavy atom. The molecule has 1 nitrogen and oxygen atoms in total. The van der Waals surface area contributed by atoms with E-state index in [9.17, 15) is 0 Å². The van der Waals surface area contributed by atoms with E-state index in [0.29, 0.717) is 0 Å². The predicted molar refractivity (Wildman–Crippen MR) is 63.1 cm³/mol. The van der Waals surface area contributed by atoms with Crippen LogP contribution in [-0.2, 0) is 12.8 Å². The Bertz CT molecular complexity index is 309. The molecule has 1 aromatic carbocycles. The lowest BCUT2D eigenvalue weighted by atomic mass is 10.1. The molecule has 2 heteroatoms. The van der Waals surface area contributed by atoms with Crippen molar-refractivity contribution in [2.24, 2.45) is 0 Å². The average molecular weight is 207 g/mol. The third-order valence-corrected chi connectivity index (χ3v) is 3.69. The molecular weight excluding hydrogens is 190 g/mol. The molecule has 1 aromatic rings. The molecule has 0 amide bonds. The number of nitrogens with one attached hydrogen (secondary N) is 1. The zero-order valence-electron chi connectivity index (χ0n) is 8.68. The van der Waals surface area contributed by atoms with Gasteiger partial charge in [-0.1, -0.05) is 6.07 Å². The summed E-state index contributed by atoms with van der Waals surface area (Å²) < 4.78 is 0. The number of benzene rings is 1. The second kappa shape index (κ2) is 4.85. The van der Waals surface area contributed by atoms with Crippen molar-refractivity contribution < 1.29 is 0 Å². The van der Waals surface area contributed by atoms with Crippen molar-refractivity contribution in [3.8, 4) is 0 Å². The summed E-state index contributed by atoms with van der Waals surface area (Å²) in [6, 6.07) is 6.96. The first-order valence-corrected chi connectivity index (χ1v) is 6.28. The Morgan fingerprint density at radius 3 is 3.00 bits per heavy atom. The van der Waals surface area contributed by atoms with Gasteiger partial charge in [0.1, 0.15) is 0 Å². The van der Waals surface area contributed by atoms with Crippen LogP contribution in [0.3, 0.4) is 0 Å². The van der Waals surface area contributed by atoms with Crippen LogP contribution in [0.2, 0.25) is 0 Å². The number of thioether (sulfide) groups is 1. The fourth-order valence-corrected chi connectivity index (χ4v) is 2.84. The number of hydrogen-bond donors (Lipinski definition) is 1. The molecule has 1 aliphatic carbocycles. The summed E-state index contributed by atoms with van der Waals surface area (Å²) in [5, 5.41) is 3.17. The van der Waals surface area contributed by atoms with Crippen molar-refractivity contribution in [2.75, 3.05) is 19.3 Å². The lowest BCUT2D eigenvalue weighted by Gasteiger charge is -2.04. The van der Waals surface area contributed by atoms with Crippen LogP contribution in [0.5, 0.6) is 0 Å². The molecular formula is C12H17NS. The number of aryl methyl sites for hydroxylation is 2. The Hall–Kier alpha value is -0.470. The van der Waals surface area contributed by atoms with E-state index in [1.54, 1.807) is 11.1 Å². The van der Waals surface area contributed by atoms with E-state index in [0.717, 1.165) is 12.3 Å². The smallest absolute Gasteiger partial charge is 0.0105 e. The number of rotatable bonds is 4. The summed E-state index contributed by atoms with van der Waals surface area (Å²) >= 11 is 1.95. The van der Waals surface area contributed by atoms with Gasteiger partial charge in [-0.15, -0.1) is 11.8 Å². The normalized spacial score (nSPS) is 14.4. The minimum absolute atomic E-state index is 1.09. The molecule has 0 atom stereocenters. The lowest BCUT2D eigenvalue weighted by molar-refractivity contribution is 0.872. The summed E-state index contributed by atoms with van der Waals surface area (Å²) in [7, 11) is 2.00. The van der Waals surface area contributed by atoms with Crippen LogP contribution in [0.25, 0.3) is 0 Å². The van der Waals surface area contributed by atoms with E-state index in [-0.39, 0.29) is 0 Å². The van der Waals surface area contributed by atoms with E-state index in [1.165, 1.54) is 24.2 Å². The SMILES string of the molecule is CNCCSc1ccc2c(c1)CCC2. The maximum absolute atomic E-state index is 3.17. The molecule has 0 saturated carbocycles. The highest BCUT2D eigenvalue weighted by atomic mass is 32.2. The third kappa shape index (κ3) is 2.31. The molecule has 0 fully saturated rings. The number of hydrogen-bond acceptors (Lipinski definition) is 2. The largest absolute Gasteiger partial charge is 0.319 e. The van der Waals surface area contributed by atoms with E-state index in [2.05, 4.69) is 23.5 Å². The summed E-state index contributed by atoms with van der Waals surface area (Å²) in [6.07, 6.45) is 3.92. The molecule has 0 radical (unpaired) electrons. The molecule has 0 heterocycles. The van der Waals surface area contributed by atoms with Gasteiger partial charge in [0.2, 0.25) is 0 Å². The van der Waals surface area contributed by atoms with Gasteiger partial charge in [-0.2, -0.15) is 0 Å². The van der Waals surface area contributed by atoms with Crippen molar-refractivity contribution in [1.82, 2.24) is 5.32 Å². The van der Waals surface area contributed by atoms with Crippen molar-refractivity contribution in [2.45, 2.75) is 24.2 Å². The van der Waals surface area contributed by atoms with Gasteiger partial charge in [0.25, 0.3) is 0 Å². The zero-order valence-corrected chi connectivity index (χ0v) is 9.49. The lowest BCUT2D eigenvalue weighted by Crippen LogP contribution is -2.09. The van der Waals surface area contributed by atoms with Gasteiger partial charge in [-0.25, -0.2) is 0 Å². The highest BCUT2D eigenvalue weighted by Gasteiger charge is 2.10. The van der Waals surface area contributed by atoms with Crippen LogP contribution in [0.4, 0.5) is 0 Å². The van der Waals surface area contributed by atoms with Crippen molar-refractivity contribution in [1.29, 1.82) is 0 Å². The topological polar surface area (TPSA) is 12.0 Å². The van der Waals surface area contributed by atoms with Gasteiger partial charge in [0.05, 0.1) is 0 Å². The molecule has 0 unspecified atom stereocenters. The van der Waals surface area contributed by atoms with Crippen LogP contribution in [-0.4, -0.2) is 19.3 Å². The van der Waals surface area contributed by atoms with E-state index in [1.807, 2.05) is 18.8 Å². The predicted octanol–water partition coefficient (Wildman–Crippen LogP) is 2.49. The molecule has 0 aromatic heterocycles. The molecule has 0 spiro atoms. The van der Waals surface area contributed by atoms with Gasteiger partial charge >= 0.3 is 0 Å². The molecule has 14 heavy (non-hydrogen) atoms. The number of fused-ring (bicyclic) bond motifs is 1. The second-order valence-electron chi connectivity index (χ2n) is 3.74. The molecule has 0 saturated heterocycles. The van der Waals surface area contributed by atoms with Gasteiger partial charge < -0.3 is 5.32 Å². The molecule has 0 aliphatic heterocycles. The monoisotopic (exact) mass is 207 g/mol. The summed E-state index contributed by atoms with van der Waals surface area (Å²) in [5.74, 6) is 1.16. The first kappa shape index (κ1) is 10.1. The van der Waals surface area contributed by atoms with Gasteiger partial charge in [-0.05, 0) is 49.6 Å². The quantitative estimate of drug-likeness (QED) is 0.601. The van der Waals surface area contributed by atoms with Gasteiger partial charge in [-0.3, -0.25) is 0 Å². The summed E-state index contributed by atoms with van der Waals surface area (Å²) in [6.45, 7) is 1.09. The maximum atomic E-state index is 3.17. The second-order valence-corrected chi connectivity index (χ2v) is 4.90. The first-order valence-electron chi connectivity index (χ1n) is 5.29. The zero-order chi connectivity index (χ0) is 9.80. The van der Waals surface area contributed by atoms with Gasteiger partial charge in [0, 0.05) is 17.2 Å². The minimum atomic E-state index is 1.09. The van der Waals surface area contributed by atoms with Crippen LogP contribution in [0.15, 0.2) is 23.1 Å². The highest BCUT2D eigenvalue weighted by molar-refractivity contribution is 7.99. The average Bonchev–Trinajstić information content (AvgIpc) is 2.65. The van der Waals surface area contributed by atoms with Gasteiger partial charge in [0.15, 0.2) is 0 Å². The highest BCUT2D eigenvalue weighted by Crippen LogP contribution is 2.27. The first-order chi connectivity index (χ1) is 6.90. The van der Waals surface area contributed by atoms with Crippen LogP contribution < -0.4 is 5.32 Å².